The summed E-state index contributed by atoms with van der Waals surface area (Å²) in [6.07, 6.45) is -4.59. The number of alkyl halides is 3. The van der Waals surface area contributed by atoms with E-state index >= 15 is 0 Å². The van der Waals surface area contributed by atoms with Gasteiger partial charge in [0.1, 0.15) is 0 Å². The molecule has 0 unspecified atom stereocenters. The number of hydrogen-bond donors (Lipinski definition) is 0. The van der Waals surface area contributed by atoms with Crippen molar-refractivity contribution in [1.29, 1.82) is 0 Å². The SMILES string of the molecule is Cc1ccc(C#CC(=Nc2ccccc2I)C(F)(F)F)cc1. The number of hydrogen-bond acceptors (Lipinski definition) is 1. The summed E-state index contributed by atoms with van der Waals surface area (Å²) in [5.41, 5.74) is 0.699. The van der Waals surface area contributed by atoms with E-state index in [4.69, 9.17) is 0 Å². The van der Waals surface area contributed by atoms with Gasteiger partial charge >= 0.3 is 6.18 Å². The van der Waals surface area contributed by atoms with E-state index < -0.39 is 11.9 Å². The molecule has 22 heavy (non-hydrogen) atoms. The van der Waals surface area contributed by atoms with Gasteiger partial charge < -0.3 is 0 Å². The molecule has 0 atom stereocenters. The van der Waals surface area contributed by atoms with Crippen LogP contribution in [-0.2, 0) is 0 Å². The molecule has 2 rings (SSSR count). The van der Waals surface area contributed by atoms with E-state index in [-0.39, 0.29) is 5.69 Å². The minimum atomic E-state index is -4.59. The fourth-order valence-corrected chi connectivity index (χ4v) is 2.10. The smallest absolute Gasteiger partial charge is 0.234 e. The van der Waals surface area contributed by atoms with Crippen molar-refractivity contribution >= 4 is 34.0 Å². The Morgan fingerprint density at radius 3 is 2.27 bits per heavy atom. The minimum absolute atomic E-state index is 0.258. The van der Waals surface area contributed by atoms with Crippen LogP contribution in [-0.4, -0.2) is 11.9 Å². The standard InChI is InChI=1S/C17H11F3IN/c1-12-6-8-13(9-7-12)10-11-16(17(18,19)20)22-15-5-3-2-4-14(15)21/h2-9H,1H3. The van der Waals surface area contributed by atoms with Crippen LogP contribution in [0.4, 0.5) is 18.9 Å². The maximum atomic E-state index is 13.1. The summed E-state index contributed by atoms with van der Waals surface area (Å²) in [5.74, 6) is 4.66. The van der Waals surface area contributed by atoms with Crippen LogP contribution in [0.2, 0.25) is 0 Å². The number of aliphatic imine (C=N–C) groups is 1. The van der Waals surface area contributed by atoms with Gasteiger partial charge in [-0.1, -0.05) is 35.7 Å². The Labute approximate surface area is 140 Å². The Morgan fingerprint density at radius 1 is 1.05 bits per heavy atom. The summed E-state index contributed by atoms with van der Waals surface area (Å²) < 4.78 is 39.8. The maximum absolute atomic E-state index is 13.1. The summed E-state index contributed by atoms with van der Waals surface area (Å²) in [6.45, 7) is 1.90. The fraction of sp³-hybridized carbons (Fsp3) is 0.118. The lowest BCUT2D eigenvalue weighted by atomic mass is 10.1. The van der Waals surface area contributed by atoms with Gasteiger partial charge in [-0.15, -0.1) is 0 Å². The lowest BCUT2D eigenvalue weighted by Crippen LogP contribution is -2.21. The molecular formula is C17H11F3IN. The zero-order valence-corrected chi connectivity index (χ0v) is 13.7. The lowest BCUT2D eigenvalue weighted by Gasteiger charge is -2.05. The van der Waals surface area contributed by atoms with Gasteiger partial charge in [0.2, 0.25) is 0 Å². The molecule has 112 valence electrons. The van der Waals surface area contributed by atoms with Crippen molar-refractivity contribution in [1.82, 2.24) is 0 Å². The molecule has 2 aromatic rings. The Hall–Kier alpha value is -1.81. The van der Waals surface area contributed by atoms with Gasteiger partial charge in [0.05, 0.1) is 5.69 Å². The van der Waals surface area contributed by atoms with Crippen molar-refractivity contribution in [2.45, 2.75) is 13.1 Å². The van der Waals surface area contributed by atoms with Crippen LogP contribution in [0.25, 0.3) is 0 Å². The topological polar surface area (TPSA) is 12.4 Å². The molecule has 0 spiro atoms. The monoisotopic (exact) mass is 413 g/mol. The predicted molar refractivity (Wildman–Crippen MR) is 90.4 cm³/mol. The number of halogens is 4. The molecule has 0 bridgehead atoms. The third-order valence-electron chi connectivity index (χ3n) is 2.73. The normalized spacial score (nSPS) is 11.8. The van der Waals surface area contributed by atoms with Crippen LogP contribution in [0.15, 0.2) is 53.5 Å². The predicted octanol–water partition coefficient (Wildman–Crippen LogP) is 5.29. The van der Waals surface area contributed by atoms with Crippen molar-refractivity contribution in [2.75, 3.05) is 0 Å². The first-order valence-corrected chi connectivity index (χ1v) is 7.43. The van der Waals surface area contributed by atoms with Crippen LogP contribution < -0.4 is 0 Å². The molecule has 1 nitrogen and oxygen atoms in total. The number of nitrogens with zero attached hydrogens (tertiary/aromatic N) is 1. The highest BCUT2D eigenvalue weighted by Crippen LogP contribution is 2.25. The first-order valence-electron chi connectivity index (χ1n) is 6.35. The van der Waals surface area contributed by atoms with Gasteiger partial charge in [0.15, 0.2) is 5.71 Å². The third-order valence-corrected chi connectivity index (χ3v) is 3.64. The largest absolute Gasteiger partial charge is 0.441 e. The highest BCUT2D eigenvalue weighted by Gasteiger charge is 2.35. The van der Waals surface area contributed by atoms with Gasteiger partial charge in [0.25, 0.3) is 0 Å². The Balaban J connectivity index is 2.41. The van der Waals surface area contributed by atoms with Crippen molar-refractivity contribution in [3.63, 3.8) is 0 Å². The maximum Gasteiger partial charge on any atom is 0.441 e. The molecule has 0 aliphatic rings. The zero-order valence-electron chi connectivity index (χ0n) is 11.6. The first-order chi connectivity index (χ1) is 10.4. The van der Waals surface area contributed by atoms with Crippen LogP contribution in [0.5, 0.6) is 0 Å². The second-order valence-electron chi connectivity index (χ2n) is 4.53. The number of para-hydroxylation sites is 1. The molecule has 0 aliphatic carbocycles. The Morgan fingerprint density at radius 2 is 1.68 bits per heavy atom. The highest BCUT2D eigenvalue weighted by atomic mass is 127. The summed E-state index contributed by atoms with van der Waals surface area (Å²) >= 11 is 1.94. The summed E-state index contributed by atoms with van der Waals surface area (Å²) in [4.78, 5) is 3.67. The van der Waals surface area contributed by atoms with Crippen molar-refractivity contribution in [3.8, 4) is 11.8 Å². The summed E-state index contributed by atoms with van der Waals surface area (Å²) in [5, 5.41) is 0. The van der Waals surface area contributed by atoms with Crippen molar-refractivity contribution in [2.24, 2.45) is 4.99 Å². The molecule has 0 saturated carbocycles. The van der Waals surface area contributed by atoms with Crippen LogP contribution >= 0.6 is 22.6 Å². The molecular weight excluding hydrogens is 402 g/mol. The van der Waals surface area contributed by atoms with Crippen LogP contribution in [0.1, 0.15) is 11.1 Å². The second-order valence-corrected chi connectivity index (χ2v) is 5.69. The average molecular weight is 413 g/mol. The molecule has 0 fully saturated rings. The average Bonchev–Trinajstić information content (AvgIpc) is 2.46. The van der Waals surface area contributed by atoms with E-state index in [2.05, 4.69) is 16.8 Å². The Bertz CT molecular complexity index is 750. The first kappa shape index (κ1) is 16.6. The molecule has 0 aliphatic heterocycles. The molecule has 0 N–H and O–H groups in total. The molecule has 5 heteroatoms. The summed E-state index contributed by atoms with van der Waals surface area (Å²) in [7, 11) is 0. The molecule has 0 saturated heterocycles. The number of benzene rings is 2. The fourth-order valence-electron chi connectivity index (χ4n) is 1.59. The van der Waals surface area contributed by atoms with Gasteiger partial charge in [-0.3, -0.25) is 0 Å². The molecule has 0 radical (unpaired) electrons. The number of rotatable bonds is 1. The van der Waals surface area contributed by atoms with E-state index in [9.17, 15) is 13.2 Å². The van der Waals surface area contributed by atoms with Crippen LogP contribution in [0, 0.1) is 22.3 Å². The van der Waals surface area contributed by atoms with Crippen molar-refractivity contribution < 1.29 is 13.2 Å². The quantitative estimate of drug-likeness (QED) is 0.343. The summed E-state index contributed by atoms with van der Waals surface area (Å²) in [6, 6.07) is 13.6. The van der Waals surface area contributed by atoms with E-state index in [1.165, 1.54) is 6.07 Å². The van der Waals surface area contributed by atoms with E-state index in [1.54, 1.807) is 42.5 Å². The molecule has 2 aromatic carbocycles. The zero-order chi connectivity index (χ0) is 16.2. The van der Waals surface area contributed by atoms with Gasteiger partial charge in [-0.2, -0.15) is 13.2 Å². The molecule has 0 amide bonds. The van der Waals surface area contributed by atoms with E-state index in [1.807, 2.05) is 29.5 Å². The van der Waals surface area contributed by atoms with E-state index in [0.717, 1.165) is 5.56 Å². The highest BCUT2D eigenvalue weighted by molar-refractivity contribution is 14.1. The van der Waals surface area contributed by atoms with Crippen LogP contribution in [0.3, 0.4) is 0 Å². The molecule has 0 aromatic heterocycles. The lowest BCUT2D eigenvalue weighted by molar-refractivity contribution is -0.0571. The van der Waals surface area contributed by atoms with Gasteiger partial charge in [-0.05, 0) is 59.7 Å². The molecule has 0 heterocycles. The second kappa shape index (κ2) is 6.97. The Kier molecular flexibility index (Phi) is 5.24. The van der Waals surface area contributed by atoms with Gasteiger partial charge in [-0.25, -0.2) is 4.99 Å². The van der Waals surface area contributed by atoms with Crippen molar-refractivity contribution in [3.05, 3.63) is 63.2 Å². The minimum Gasteiger partial charge on any atom is -0.234 e. The van der Waals surface area contributed by atoms with E-state index in [0.29, 0.717) is 9.13 Å². The number of aryl methyl sites for hydroxylation is 1. The van der Waals surface area contributed by atoms with Gasteiger partial charge in [0, 0.05) is 9.13 Å². The third kappa shape index (κ3) is 4.60.